The van der Waals surface area contributed by atoms with Gasteiger partial charge >= 0.3 is 7.60 Å². The van der Waals surface area contributed by atoms with Crippen LogP contribution in [0.25, 0.3) is 11.2 Å². The molecule has 168 valence electrons. The molecule has 3 rings (SSSR count). The number of anilines is 1. The van der Waals surface area contributed by atoms with Crippen LogP contribution < -0.4 is 5.73 Å². The zero-order valence-corrected chi connectivity index (χ0v) is 19.7. The van der Waals surface area contributed by atoms with E-state index in [-0.39, 0.29) is 28.9 Å². The van der Waals surface area contributed by atoms with Crippen molar-refractivity contribution in [1.82, 2.24) is 19.5 Å². The lowest BCUT2D eigenvalue weighted by Gasteiger charge is -2.29. The second kappa shape index (κ2) is 8.71. The maximum Gasteiger partial charge on any atom is 0.359 e. The minimum absolute atomic E-state index is 0.0227. The van der Waals surface area contributed by atoms with Gasteiger partial charge in [0, 0.05) is 0 Å². The number of hydrogen-bond donors (Lipinski definition) is 2. The minimum Gasteiger partial charge on any atom is -0.368 e. The highest BCUT2D eigenvalue weighted by molar-refractivity contribution is 7.53. The number of nitrogens with zero attached hydrogens (tertiary/aromatic N) is 4. The van der Waals surface area contributed by atoms with Gasteiger partial charge in [-0.05, 0) is 30.6 Å². The number of nitrogen functional groups attached to an aromatic ring is 1. The summed E-state index contributed by atoms with van der Waals surface area (Å²) < 4.78 is 20.1. The summed E-state index contributed by atoms with van der Waals surface area (Å²) in [5, 5.41) is 0.181. The lowest BCUT2D eigenvalue weighted by Crippen LogP contribution is -2.28. The third-order valence-corrected chi connectivity index (χ3v) is 8.24. The second-order valence-electron chi connectivity index (χ2n) is 8.87. The summed E-state index contributed by atoms with van der Waals surface area (Å²) in [4.78, 5) is 28.8. The number of imidazole rings is 1. The van der Waals surface area contributed by atoms with Gasteiger partial charge in [0.05, 0.1) is 18.5 Å². The Morgan fingerprint density at radius 1 is 1.37 bits per heavy atom. The van der Waals surface area contributed by atoms with Crippen LogP contribution in [0.1, 0.15) is 53.9 Å². The van der Waals surface area contributed by atoms with Crippen molar-refractivity contribution >= 4 is 36.3 Å². The van der Waals surface area contributed by atoms with Crippen LogP contribution in [-0.2, 0) is 20.7 Å². The van der Waals surface area contributed by atoms with Crippen molar-refractivity contribution in [3.63, 3.8) is 0 Å². The minimum atomic E-state index is -3.98. The molecule has 2 heterocycles. The van der Waals surface area contributed by atoms with Crippen molar-refractivity contribution in [3.8, 4) is 0 Å². The molecule has 0 spiro atoms. The molecule has 1 aliphatic rings. The molecule has 0 radical (unpaired) electrons. The van der Waals surface area contributed by atoms with E-state index in [1.165, 1.54) is 0 Å². The Morgan fingerprint density at radius 3 is 2.63 bits per heavy atom. The molecule has 9 nitrogen and oxygen atoms in total. The van der Waals surface area contributed by atoms with Gasteiger partial charge in [-0.2, -0.15) is 9.97 Å². The summed E-state index contributed by atoms with van der Waals surface area (Å²) in [5.74, 6) is 0.208. The Labute approximate surface area is 181 Å². The fourth-order valence-corrected chi connectivity index (χ4v) is 6.51. The first kappa shape index (κ1) is 23.4. The van der Waals surface area contributed by atoms with Crippen molar-refractivity contribution in [1.29, 1.82) is 0 Å². The van der Waals surface area contributed by atoms with E-state index in [0.717, 1.165) is 12.8 Å². The molecule has 1 fully saturated rings. The van der Waals surface area contributed by atoms with Crippen LogP contribution in [0.4, 0.5) is 5.95 Å². The topological polar surface area (TPSA) is 125 Å². The third-order valence-electron chi connectivity index (χ3n) is 5.74. The highest BCUT2D eigenvalue weighted by Crippen LogP contribution is 2.58. The molecule has 1 aliphatic carbocycles. The first-order chi connectivity index (χ1) is 14.0. The Bertz CT molecular complexity index is 944. The molecule has 0 bridgehead atoms. The van der Waals surface area contributed by atoms with E-state index in [2.05, 4.69) is 21.9 Å². The number of nitrogens with two attached hydrogens (primary N) is 1. The first-order valence-electron chi connectivity index (χ1n) is 10.3. The normalized spacial score (nSPS) is 23.6. The van der Waals surface area contributed by atoms with Gasteiger partial charge < -0.3 is 15.2 Å². The van der Waals surface area contributed by atoms with E-state index in [0.29, 0.717) is 24.1 Å². The van der Waals surface area contributed by atoms with Gasteiger partial charge in [-0.3, -0.25) is 4.57 Å². The van der Waals surface area contributed by atoms with Gasteiger partial charge in [0.15, 0.2) is 10.8 Å². The van der Waals surface area contributed by atoms with Gasteiger partial charge in [0.1, 0.15) is 11.1 Å². The lowest BCUT2D eigenvalue weighted by atomic mass is 10.00. The van der Waals surface area contributed by atoms with E-state index in [1.807, 2.05) is 27.7 Å². The average Bonchev–Trinajstić information content (AvgIpc) is 3.13. The molecular formula is C19H31ClN5O4P. The molecular weight excluding hydrogens is 429 g/mol. The van der Waals surface area contributed by atoms with Crippen LogP contribution in [0.15, 0.2) is 6.33 Å². The van der Waals surface area contributed by atoms with E-state index in [1.54, 1.807) is 10.9 Å². The number of halogens is 1. The van der Waals surface area contributed by atoms with Crippen molar-refractivity contribution in [2.75, 3.05) is 5.73 Å². The van der Waals surface area contributed by atoms with Gasteiger partial charge in [-0.15, -0.1) is 4.67 Å². The fraction of sp³-hybridized carbons (Fsp3) is 0.737. The molecule has 1 saturated carbocycles. The summed E-state index contributed by atoms with van der Waals surface area (Å²) in [7, 11) is -3.98. The molecule has 2 aromatic heterocycles. The molecule has 3 N–H and O–H groups in total. The summed E-state index contributed by atoms with van der Waals surface area (Å²) in [6.07, 6.45) is 4.20. The molecule has 1 unspecified atom stereocenters. The second-order valence-corrected chi connectivity index (χ2v) is 11.1. The fourth-order valence-electron chi connectivity index (χ4n) is 4.42. The summed E-state index contributed by atoms with van der Waals surface area (Å²) in [6, 6.07) is 0. The Balaban J connectivity index is 1.84. The van der Waals surface area contributed by atoms with Crippen LogP contribution in [0.5, 0.6) is 0 Å². The van der Waals surface area contributed by atoms with E-state index >= 15 is 0 Å². The highest BCUT2D eigenvalue weighted by atomic mass is 35.5. The van der Waals surface area contributed by atoms with Crippen LogP contribution in [-0.4, -0.2) is 35.7 Å². The van der Waals surface area contributed by atoms with Crippen molar-refractivity contribution < 1.29 is 19.0 Å². The zero-order valence-electron chi connectivity index (χ0n) is 18.1. The van der Waals surface area contributed by atoms with Crippen molar-refractivity contribution in [2.45, 2.75) is 71.7 Å². The SMILES string of the molecule is CCC[C@@H]1C[C@@]1(Cn1cnc2c(Cl)nc(N)nc21)OOP(=O)(O)C(C(C)C)C(C)C. The largest absolute Gasteiger partial charge is 0.368 e. The highest BCUT2D eigenvalue weighted by Gasteiger charge is 2.58. The average molecular weight is 460 g/mol. The number of rotatable bonds is 10. The molecule has 2 aromatic rings. The van der Waals surface area contributed by atoms with Crippen LogP contribution >= 0.6 is 19.2 Å². The standard InChI is InChI=1S/C19H31ClN5O4P/c1-6-7-13-8-19(13,28-29-30(26,27)15(11(2)3)12(4)5)9-25-10-22-14-16(20)23-18(21)24-17(14)25/h10-13,15H,6-9H2,1-5H3,(H,26,27)(H2,21,23,24)/t13-,19+/m1/s1. The third kappa shape index (κ3) is 4.65. The predicted octanol–water partition coefficient (Wildman–Crippen LogP) is 4.43. The summed E-state index contributed by atoms with van der Waals surface area (Å²) >= 11 is 6.12. The molecule has 0 aromatic carbocycles. The van der Waals surface area contributed by atoms with Gasteiger partial charge in [0.25, 0.3) is 0 Å². The number of fused-ring (bicyclic) bond motifs is 1. The molecule has 3 atom stereocenters. The van der Waals surface area contributed by atoms with Crippen LogP contribution in [0, 0.1) is 17.8 Å². The molecule has 11 heteroatoms. The summed E-state index contributed by atoms with van der Waals surface area (Å²) in [5.41, 5.74) is 5.43. The van der Waals surface area contributed by atoms with Gasteiger partial charge in [-0.1, -0.05) is 52.6 Å². The zero-order chi connectivity index (χ0) is 22.3. The molecule has 0 amide bonds. The summed E-state index contributed by atoms with van der Waals surface area (Å²) in [6.45, 7) is 10.1. The monoisotopic (exact) mass is 459 g/mol. The van der Waals surface area contributed by atoms with Crippen LogP contribution in [0.3, 0.4) is 0 Å². The predicted molar refractivity (Wildman–Crippen MR) is 116 cm³/mol. The smallest absolute Gasteiger partial charge is 0.359 e. The Morgan fingerprint density at radius 2 is 2.03 bits per heavy atom. The Hall–Kier alpha value is -1.25. The number of hydrogen-bond acceptors (Lipinski definition) is 7. The lowest BCUT2D eigenvalue weighted by molar-refractivity contribution is -0.272. The molecule has 0 aliphatic heterocycles. The van der Waals surface area contributed by atoms with Gasteiger partial charge in [0.2, 0.25) is 5.95 Å². The van der Waals surface area contributed by atoms with Crippen LogP contribution in [0.2, 0.25) is 5.15 Å². The maximum atomic E-state index is 13.0. The quantitative estimate of drug-likeness (QED) is 0.231. The Kier molecular flexibility index (Phi) is 6.80. The maximum absolute atomic E-state index is 13.0. The van der Waals surface area contributed by atoms with E-state index < -0.39 is 18.9 Å². The van der Waals surface area contributed by atoms with E-state index in [9.17, 15) is 9.46 Å². The van der Waals surface area contributed by atoms with E-state index in [4.69, 9.17) is 26.9 Å². The number of aromatic nitrogens is 4. The van der Waals surface area contributed by atoms with Crippen molar-refractivity contribution in [3.05, 3.63) is 11.5 Å². The molecule has 30 heavy (non-hydrogen) atoms. The molecule has 0 saturated heterocycles. The van der Waals surface area contributed by atoms with Crippen molar-refractivity contribution in [2.24, 2.45) is 17.8 Å². The van der Waals surface area contributed by atoms with Gasteiger partial charge in [-0.25, -0.2) is 9.87 Å². The first-order valence-corrected chi connectivity index (χ1v) is 12.4.